The molecule has 0 saturated carbocycles. The molecule has 8 heteroatoms. The summed E-state index contributed by atoms with van der Waals surface area (Å²) in [5.74, 6) is 0.157. The van der Waals surface area contributed by atoms with Crippen LogP contribution in [-0.2, 0) is 15.9 Å². The van der Waals surface area contributed by atoms with Crippen molar-refractivity contribution in [1.82, 2.24) is 5.32 Å². The Morgan fingerprint density at radius 1 is 1.24 bits per heavy atom. The van der Waals surface area contributed by atoms with E-state index in [1.165, 1.54) is 24.5 Å². The lowest BCUT2D eigenvalue weighted by atomic mass is 10.3. The van der Waals surface area contributed by atoms with Crippen LogP contribution in [0, 0.1) is 0 Å². The monoisotopic (exact) mass is 311 g/mol. The summed E-state index contributed by atoms with van der Waals surface area (Å²) in [6, 6.07) is 9.12. The van der Waals surface area contributed by atoms with Crippen LogP contribution in [0.3, 0.4) is 0 Å². The fraction of sp³-hybridized carbons (Fsp3) is 0.154. The van der Waals surface area contributed by atoms with Crippen molar-refractivity contribution in [3.63, 3.8) is 0 Å². The van der Waals surface area contributed by atoms with Gasteiger partial charge in [0.25, 0.3) is 5.91 Å². The maximum Gasteiger partial charge on any atom is 0.359 e. The quantitative estimate of drug-likeness (QED) is 0.680. The number of para-hydroxylation sites is 1. The number of ether oxygens (including phenoxy) is 1. The number of rotatable bonds is 6. The summed E-state index contributed by atoms with van der Waals surface area (Å²) in [4.78, 5) is 30.0. The molecule has 0 fully saturated rings. The average Bonchev–Trinajstić information content (AvgIpc) is 2.95. The molecular weight excluding hydrogens is 297 g/mol. The Bertz CT molecular complexity index is 648. The number of benzene rings is 1. The average molecular weight is 311 g/mol. The molecule has 21 heavy (non-hydrogen) atoms. The maximum atomic E-state index is 11.6. The molecule has 0 unspecified atom stereocenters. The highest BCUT2D eigenvalue weighted by molar-refractivity contribution is 7.60. The zero-order chi connectivity index (χ0) is 15.3. The normalized spacial score (nSPS) is 11.1. The molecular formula is C13H14NO6P. The number of hydrogen-bond donors (Lipinski definition) is 3. The first kappa shape index (κ1) is 15.3. The minimum Gasteiger partial charge on any atom is -0.483 e. The number of nitrogens with one attached hydrogen (secondary N) is 1. The van der Waals surface area contributed by atoms with Crippen LogP contribution >= 0.6 is 7.60 Å². The SMILES string of the molecule is O=C(COc1ccccc1P(=O)(O)O)NCc1ccco1. The van der Waals surface area contributed by atoms with Crippen LogP contribution in [0.4, 0.5) is 0 Å². The van der Waals surface area contributed by atoms with Crippen molar-refractivity contribution >= 4 is 18.8 Å². The van der Waals surface area contributed by atoms with Gasteiger partial charge in [0, 0.05) is 0 Å². The third-order valence-electron chi connectivity index (χ3n) is 2.58. The fourth-order valence-electron chi connectivity index (χ4n) is 1.61. The first-order chi connectivity index (χ1) is 9.97. The van der Waals surface area contributed by atoms with Crippen LogP contribution in [0.25, 0.3) is 0 Å². The second-order valence-corrected chi connectivity index (χ2v) is 5.73. The van der Waals surface area contributed by atoms with Crippen LogP contribution in [0.2, 0.25) is 0 Å². The minimum atomic E-state index is -4.44. The van der Waals surface area contributed by atoms with E-state index in [9.17, 15) is 19.1 Å². The Kier molecular flexibility index (Phi) is 4.80. The van der Waals surface area contributed by atoms with E-state index in [0.29, 0.717) is 5.76 Å². The zero-order valence-electron chi connectivity index (χ0n) is 10.9. The van der Waals surface area contributed by atoms with Gasteiger partial charge in [-0.2, -0.15) is 0 Å². The van der Waals surface area contributed by atoms with Crippen LogP contribution in [0.5, 0.6) is 5.75 Å². The molecule has 3 N–H and O–H groups in total. The van der Waals surface area contributed by atoms with E-state index in [0.717, 1.165) is 0 Å². The van der Waals surface area contributed by atoms with Crippen LogP contribution in [-0.4, -0.2) is 22.3 Å². The number of amides is 1. The predicted molar refractivity (Wildman–Crippen MR) is 74.2 cm³/mol. The van der Waals surface area contributed by atoms with Gasteiger partial charge in [-0.05, 0) is 24.3 Å². The van der Waals surface area contributed by atoms with Crippen molar-refractivity contribution in [1.29, 1.82) is 0 Å². The van der Waals surface area contributed by atoms with E-state index >= 15 is 0 Å². The van der Waals surface area contributed by atoms with E-state index in [1.54, 1.807) is 18.2 Å². The van der Waals surface area contributed by atoms with Crippen LogP contribution in [0.15, 0.2) is 47.1 Å². The van der Waals surface area contributed by atoms with Gasteiger partial charge in [0.15, 0.2) is 6.61 Å². The van der Waals surface area contributed by atoms with E-state index in [1.807, 2.05) is 0 Å². The molecule has 0 saturated heterocycles. The number of hydrogen-bond acceptors (Lipinski definition) is 4. The minimum absolute atomic E-state index is 0.0148. The molecule has 2 aromatic rings. The van der Waals surface area contributed by atoms with Gasteiger partial charge in [-0.25, -0.2) is 0 Å². The molecule has 0 aliphatic heterocycles. The van der Waals surface area contributed by atoms with Gasteiger partial charge in [-0.1, -0.05) is 12.1 Å². The van der Waals surface area contributed by atoms with Crippen molar-refractivity contribution in [2.75, 3.05) is 6.61 Å². The largest absolute Gasteiger partial charge is 0.483 e. The van der Waals surface area contributed by atoms with Gasteiger partial charge in [0.05, 0.1) is 12.8 Å². The van der Waals surface area contributed by atoms with Crippen LogP contribution < -0.4 is 15.4 Å². The molecule has 112 valence electrons. The van der Waals surface area contributed by atoms with Gasteiger partial charge in [-0.15, -0.1) is 0 Å². The second-order valence-electron chi connectivity index (χ2n) is 4.16. The molecule has 0 bridgehead atoms. The third-order valence-corrected chi connectivity index (χ3v) is 3.57. The van der Waals surface area contributed by atoms with Crippen molar-refractivity contribution in [3.8, 4) is 5.75 Å². The summed E-state index contributed by atoms with van der Waals surface area (Å²) in [5.41, 5.74) is 0. The Hall–Kier alpha value is -2.08. The van der Waals surface area contributed by atoms with Crippen molar-refractivity contribution in [2.45, 2.75) is 6.54 Å². The summed E-state index contributed by atoms with van der Waals surface area (Å²) in [6.07, 6.45) is 1.49. The Labute approximate surface area is 120 Å². The molecule has 1 aromatic heterocycles. The summed E-state index contributed by atoms with van der Waals surface area (Å²) in [7, 11) is -4.44. The molecule has 0 aliphatic rings. The summed E-state index contributed by atoms with van der Waals surface area (Å²) in [6.45, 7) is -0.132. The molecule has 0 spiro atoms. The van der Waals surface area contributed by atoms with E-state index < -0.39 is 13.5 Å². The van der Waals surface area contributed by atoms with Crippen LogP contribution in [0.1, 0.15) is 5.76 Å². The Morgan fingerprint density at radius 3 is 2.67 bits per heavy atom. The summed E-state index contributed by atoms with van der Waals surface area (Å²) < 4.78 is 21.5. The summed E-state index contributed by atoms with van der Waals surface area (Å²) in [5, 5.41) is 2.32. The van der Waals surface area contributed by atoms with Gasteiger partial charge in [-0.3, -0.25) is 9.36 Å². The highest BCUT2D eigenvalue weighted by atomic mass is 31.2. The molecule has 0 atom stereocenters. The molecule has 1 aromatic carbocycles. The van der Waals surface area contributed by atoms with E-state index in [2.05, 4.69) is 5.32 Å². The third kappa shape index (κ3) is 4.46. The lowest BCUT2D eigenvalue weighted by Gasteiger charge is -2.12. The molecule has 2 rings (SSSR count). The first-order valence-electron chi connectivity index (χ1n) is 6.04. The van der Waals surface area contributed by atoms with Gasteiger partial charge >= 0.3 is 7.60 Å². The highest BCUT2D eigenvalue weighted by Gasteiger charge is 2.22. The number of carbonyl (C=O) groups is 1. The Balaban J connectivity index is 1.91. The standard InChI is InChI=1S/C13H14NO6P/c15-13(14-8-10-4-3-7-19-10)9-20-11-5-1-2-6-12(11)21(16,17)18/h1-7H,8-9H2,(H,14,15)(H2,16,17,18). The molecule has 1 heterocycles. The maximum absolute atomic E-state index is 11.6. The Morgan fingerprint density at radius 2 is 2.00 bits per heavy atom. The molecule has 1 amide bonds. The lowest BCUT2D eigenvalue weighted by Crippen LogP contribution is -2.29. The zero-order valence-corrected chi connectivity index (χ0v) is 11.8. The van der Waals surface area contributed by atoms with Gasteiger partial charge in [0.2, 0.25) is 0 Å². The predicted octanol–water partition coefficient (Wildman–Crippen LogP) is 0.778. The van der Waals surface area contributed by atoms with Crippen molar-refractivity contribution in [2.24, 2.45) is 0 Å². The molecule has 0 aliphatic carbocycles. The van der Waals surface area contributed by atoms with Crippen molar-refractivity contribution in [3.05, 3.63) is 48.4 Å². The number of carbonyl (C=O) groups excluding carboxylic acids is 1. The molecule has 7 nitrogen and oxygen atoms in total. The van der Waals surface area contributed by atoms with Gasteiger partial charge < -0.3 is 24.3 Å². The van der Waals surface area contributed by atoms with E-state index in [-0.39, 0.29) is 24.2 Å². The highest BCUT2D eigenvalue weighted by Crippen LogP contribution is 2.37. The first-order valence-corrected chi connectivity index (χ1v) is 7.65. The van der Waals surface area contributed by atoms with Crippen molar-refractivity contribution < 1.29 is 28.3 Å². The smallest absolute Gasteiger partial charge is 0.359 e. The summed E-state index contributed by atoms with van der Waals surface area (Å²) >= 11 is 0. The molecule has 0 radical (unpaired) electrons. The lowest BCUT2D eigenvalue weighted by molar-refractivity contribution is -0.123. The van der Waals surface area contributed by atoms with Gasteiger partial charge in [0.1, 0.15) is 16.8 Å². The second kappa shape index (κ2) is 6.58. The van der Waals surface area contributed by atoms with E-state index in [4.69, 9.17) is 9.15 Å². The number of furan rings is 1. The fourth-order valence-corrected chi connectivity index (χ4v) is 2.32. The topological polar surface area (TPSA) is 109 Å².